The molecule has 4 nitrogen and oxygen atoms in total. The molecule has 2 rings (SSSR count). The van der Waals surface area contributed by atoms with E-state index in [1.807, 2.05) is 0 Å². The Kier molecular flexibility index (Phi) is 4.54. The summed E-state index contributed by atoms with van der Waals surface area (Å²) in [6.07, 6.45) is -4.43. The van der Waals surface area contributed by atoms with E-state index in [9.17, 15) is 26.0 Å². The summed E-state index contributed by atoms with van der Waals surface area (Å²) >= 11 is 0. The fourth-order valence-corrected chi connectivity index (χ4v) is 3.82. The number of hydrogen-bond acceptors (Lipinski definition) is 3. The molecule has 0 atom stereocenters. The van der Waals surface area contributed by atoms with E-state index in [0.717, 1.165) is 10.4 Å². The van der Waals surface area contributed by atoms with Crippen molar-refractivity contribution in [2.75, 3.05) is 26.2 Å². The smallest absolute Gasteiger partial charge is 0.315 e. The van der Waals surface area contributed by atoms with Crippen LogP contribution in [0.15, 0.2) is 23.1 Å². The average molecular weight is 326 g/mol. The lowest BCUT2D eigenvalue weighted by atomic mass is 10.2. The maximum atomic E-state index is 13.1. The quantitative estimate of drug-likeness (QED) is 0.844. The summed E-state index contributed by atoms with van der Waals surface area (Å²) in [5.74, 6) is -1.13. The van der Waals surface area contributed by atoms with Crippen LogP contribution in [0.25, 0.3) is 0 Å². The van der Waals surface area contributed by atoms with Crippen molar-refractivity contribution in [1.82, 2.24) is 9.62 Å². The molecule has 9 heteroatoms. The maximum absolute atomic E-state index is 13.1. The van der Waals surface area contributed by atoms with Crippen LogP contribution in [0.5, 0.6) is 0 Å². The lowest BCUT2D eigenvalue weighted by Crippen LogP contribution is -2.35. The summed E-state index contributed by atoms with van der Waals surface area (Å²) in [6.45, 7) is 1.17. The van der Waals surface area contributed by atoms with Gasteiger partial charge >= 0.3 is 6.18 Å². The van der Waals surface area contributed by atoms with Gasteiger partial charge in [-0.25, -0.2) is 12.8 Å². The first-order chi connectivity index (χ1) is 9.73. The van der Waals surface area contributed by atoms with E-state index in [0.29, 0.717) is 25.6 Å². The number of nitrogens with one attached hydrogen (secondary N) is 1. The van der Waals surface area contributed by atoms with Crippen LogP contribution >= 0.6 is 0 Å². The molecule has 0 unspecified atom stereocenters. The van der Waals surface area contributed by atoms with E-state index < -0.39 is 32.5 Å². The molecule has 1 heterocycles. The Labute approximate surface area is 119 Å². The third-order valence-corrected chi connectivity index (χ3v) is 5.12. The molecule has 21 heavy (non-hydrogen) atoms. The predicted octanol–water partition coefficient (Wildman–Crippen LogP) is 1.83. The first kappa shape index (κ1) is 16.2. The number of nitrogens with zero attached hydrogens (tertiary/aromatic N) is 1. The monoisotopic (exact) mass is 326 g/mol. The van der Waals surface area contributed by atoms with Gasteiger partial charge in [-0.15, -0.1) is 0 Å². The molecule has 0 saturated carbocycles. The molecule has 0 radical (unpaired) electrons. The van der Waals surface area contributed by atoms with Crippen LogP contribution in [0, 0.1) is 5.82 Å². The van der Waals surface area contributed by atoms with Gasteiger partial charge in [0.25, 0.3) is 0 Å². The summed E-state index contributed by atoms with van der Waals surface area (Å²) in [6, 6.07) is 1.60. The third kappa shape index (κ3) is 3.53. The van der Waals surface area contributed by atoms with E-state index in [4.69, 9.17) is 0 Å². The molecule has 1 aromatic rings. The third-order valence-electron chi connectivity index (χ3n) is 3.16. The highest BCUT2D eigenvalue weighted by Gasteiger charge is 2.39. The lowest BCUT2D eigenvalue weighted by molar-refractivity contribution is -0.140. The van der Waals surface area contributed by atoms with Crippen molar-refractivity contribution in [3.8, 4) is 0 Å². The second kappa shape index (κ2) is 5.90. The van der Waals surface area contributed by atoms with Gasteiger partial charge in [0.2, 0.25) is 10.0 Å². The molecule has 1 aromatic carbocycles. The van der Waals surface area contributed by atoms with Crippen molar-refractivity contribution in [3.05, 3.63) is 29.6 Å². The van der Waals surface area contributed by atoms with Crippen molar-refractivity contribution in [2.24, 2.45) is 0 Å². The molecule has 118 valence electrons. The van der Waals surface area contributed by atoms with E-state index in [2.05, 4.69) is 5.32 Å². The zero-order valence-corrected chi connectivity index (χ0v) is 11.8. The number of alkyl halides is 3. The highest BCUT2D eigenvalue weighted by molar-refractivity contribution is 7.89. The van der Waals surface area contributed by atoms with Gasteiger partial charge in [-0.1, -0.05) is 0 Å². The van der Waals surface area contributed by atoms with Crippen molar-refractivity contribution < 1.29 is 26.0 Å². The van der Waals surface area contributed by atoms with Crippen LogP contribution in [-0.4, -0.2) is 38.9 Å². The molecule has 1 aliphatic rings. The minimum absolute atomic E-state index is 0.0804. The Morgan fingerprint density at radius 3 is 2.52 bits per heavy atom. The minimum atomic E-state index is -4.94. The van der Waals surface area contributed by atoms with Crippen LogP contribution in [0.4, 0.5) is 17.6 Å². The van der Waals surface area contributed by atoms with E-state index in [1.54, 1.807) is 0 Å². The standard InChI is InChI=1S/C12H14F4N2O2S/c13-9-2-3-11(10(8-9)12(14,15)16)21(19,20)18-6-1-4-17-5-7-18/h2-3,8,17H,1,4-7H2. The van der Waals surface area contributed by atoms with Gasteiger partial charge in [0.1, 0.15) is 5.82 Å². The van der Waals surface area contributed by atoms with Crippen molar-refractivity contribution in [2.45, 2.75) is 17.5 Å². The second-order valence-corrected chi connectivity index (χ2v) is 6.55. The lowest BCUT2D eigenvalue weighted by Gasteiger charge is -2.22. The zero-order chi connectivity index (χ0) is 15.7. The molecule has 0 bridgehead atoms. The van der Waals surface area contributed by atoms with Crippen molar-refractivity contribution in [3.63, 3.8) is 0 Å². The Morgan fingerprint density at radius 1 is 1.14 bits per heavy atom. The van der Waals surface area contributed by atoms with E-state index in [1.165, 1.54) is 0 Å². The number of sulfonamides is 1. The van der Waals surface area contributed by atoms with Gasteiger partial charge in [-0.2, -0.15) is 17.5 Å². The predicted molar refractivity (Wildman–Crippen MR) is 67.6 cm³/mol. The second-order valence-electron chi connectivity index (χ2n) is 4.65. The molecule has 0 aliphatic carbocycles. The Morgan fingerprint density at radius 2 is 1.86 bits per heavy atom. The normalized spacial score (nSPS) is 18.5. The largest absolute Gasteiger partial charge is 0.417 e. The fourth-order valence-electron chi connectivity index (χ4n) is 2.15. The van der Waals surface area contributed by atoms with Crippen molar-refractivity contribution in [1.29, 1.82) is 0 Å². The summed E-state index contributed by atoms with van der Waals surface area (Å²) in [5.41, 5.74) is -1.47. The Bertz CT molecular complexity index is 608. The van der Waals surface area contributed by atoms with E-state index in [-0.39, 0.29) is 19.2 Å². The Balaban J connectivity index is 2.49. The van der Waals surface area contributed by atoms with Crippen LogP contribution in [0.1, 0.15) is 12.0 Å². The topological polar surface area (TPSA) is 49.4 Å². The molecule has 1 fully saturated rings. The van der Waals surface area contributed by atoms with Gasteiger partial charge in [0.15, 0.2) is 0 Å². The minimum Gasteiger partial charge on any atom is -0.315 e. The number of rotatable bonds is 2. The summed E-state index contributed by atoms with van der Waals surface area (Å²) in [5, 5.41) is 2.97. The number of halogens is 4. The maximum Gasteiger partial charge on any atom is 0.417 e. The zero-order valence-electron chi connectivity index (χ0n) is 11.0. The molecule has 1 aliphatic heterocycles. The van der Waals surface area contributed by atoms with E-state index >= 15 is 0 Å². The molecular weight excluding hydrogens is 312 g/mol. The first-order valence-electron chi connectivity index (χ1n) is 6.30. The van der Waals surface area contributed by atoms with Crippen molar-refractivity contribution >= 4 is 10.0 Å². The van der Waals surface area contributed by atoms with Crippen LogP contribution in [0.2, 0.25) is 0 Å². The molecule has 1 saturated heterocycles. The summed E-state index contributed by atoms with van der Waals surface area (Å²) in [4.78, 5) is -0.904. The van der Waals surface area contributed by atoms with Crippen LogP contribution in [-0.2, 0) is 16.2 Å². The molecule has 0 amide bonds. The van der Waals surface area contributed by atoms with Gasteiger partial charge < -0.3 is 5.32 Å². The summed E-state index contributed by atoms with van der Waals surface area (Å²) < 4.78 is 77.7. The number of hydrogen-bond donors (Lipinski definition) is 1. The van der Waals surface area contributed by atoms with Crippen LogP contribution < -0.4 is 5.32 Å². The van der Waals surface area contributed by atoms with Gasteiger partial charge in [0.05, 0.1) is 10.5 Å². The molecule has 1 N–H and O–H groups in total. The first-order valence-corrected chi connectivity index (χ1v) is 7.74. The molecular formula is C12H14F4N2O2S. The van der Waals surface area contributed by atoms with Crippen LogP contribution in [0.3, 0.4) is 0 Å². The van der Waals surface area contributed by atoms with Gasteiger partial charge in [-0.3, -0.25) is 0 Å². The SMILES string of the molecule is O=S(=O)(c1ccc(F)cc1C(F)(F)F)N1CCCNCC1. The highest BCUT2D eigenvalue weighted by Crippen LogP contribution is 2.35. The fraction of sp³-hybridized carbons (Fsp3) is 0.500. The molecule has 0 spiro atoms. The Hall–Kier alpha value is -1.19. The number of benzene rings is 1. The summed E-state index contributed by atoms with van der Waals surface area (Å²) in [7, 11) is -4.31. The van der Waals surface area contributed by atoms with Gasteiger partial charge in [0, 0.05) is 19.6 Å². The average Bonchev–Trinajstić information content (AvgIpc) is 2.66. The molecule has 0 aromatic heterocycles. The highest BCUT2D eigenvalue weighted by atomic mass is 32.2. The van der Waals surface area contributed by atoms with Gasteiger partial charge in [-0.05, 0) is 31.2 Å².